The molecule has 2 amide bonds. The predicted octanol–water partition coefficient (Wildman–Crippen LogP) is 0.840. The third-order valence-corrected chi connectivity index (χ3v) is 6.89. The highest BCUT2D eigenvalue weighted by Gasteiger charge is 2.54. The van der Waals surface area contributed by atoms with Crippen LogP contribution in [0.2, 0.25) is 0 Å². The van der Waals surface area contributed by atoms with Crippen molar-refractivity contribution in [2.24, 2.45) is 10.6 Å². The summed E-state index contributed by atoms with van der Waals surface area (Å²) in [6, 6.07) is -0.898. The van der Waals surface area contributed by atoms with Gasteiger partial charge in [0.25, 0.3) is 11.8 Å². The van der Waals surface area contributed by atoms with Gasteiger partial charge in [0, 0.05) is 11.1 Å². The maximum Gasteiger partial charge on any atom is 0.357 e. The molecule has 0 radical (unpaired) electrons. The lowest BCUT2D eigenvalue weighted by Crippen LogP contribution is -2.71. The zero-order valence-electron chi connectivity index (χ0n) is 19.2. The van der Waals surface area contributed by atoms with Crippen molar-refractivity contribution in [3.8, 4) is 0 Å². The van der Waals surface area contributed by atoms with Crippen molar-refractivity contribution in [3.63, 3.8) is 0 Å². The summed E-state index contributed by atoms with van der Waals surface area (Å²) < 4.78 is 10.0. The van der Waals surface area contributed by atoms with E-state index in [2.05, 4.69) is 15.5 Å². The molecule has 0 aliphatic carbocycles. The number of β-lactam (4-membered cyclic amide) rings is 1. The van der Waals surface area contributed by atoms with E-state index in [1.807, 2.05) is 0 Å². The van der Waals surface area contributed by atoms with Gasteiger partial charge < -0.3 is 25.4 Å². The number of carbonyl (C=O) groups is 4. The van der Waals surface area contributed by atoms with Gasteiger partial charge in [-0.3, -0.25) is 19.3 Å². The molecule has 2 unspecified atom stereocenters. The molecule has 184 valence electrons. The Kier molecular flexibility index (Phi) is 7.51. The number of oxime groups is 1. The Bertz CT molecular complexity index is 1080. The Hall–Kier alpha value is -3.13. The standard InChI is InChI=1S/C20H25N5O7S2/c1-9-6-33-16-12(23-14(26)11(24-30-5)10-7-34-19(21)22-10)15(27)25(16)13(9)17(28)31-8-32-18(29)20(2,3)4/h7,12,16H,6,8H2,1-5H3,(H2,21,22)(H,23,26)/b24-11-. The van der Waals surface area contributed by atoms with Gasteiger partial charge >= 0.3 is 11.9 Å². The molecular weight excluding hydrogens is 486 g/mol. The van der Waals surface area contributed by atoms with Crippen molar-refractivity contribution < 1.29 is 33.5 Å². The van der Waals surface area contributed by atoms with Crippen molar-refractivity contribution in [1.82, 2.24) is 15.2 Å². The average molecular weight is 512 g/mol. The van der Waals surface area contributed by atoms with Gasteiger partial charge in [0.2, 0.25) is 6.79 Å². The van der Waals surface area contributed by atoms with E-state index in [0.29, 0.717) is 11.3 Å². The summed E-state index contributed by atoms with van der Waals surface area (Å²) in [6.45, 7) is 6.15. The molecule has 3 N–H and O–H groups in total. The van der Waals surface area contributed by atoms with E-state index < -0.39 is 47.4 Å². The Labute approximate surface area is 203 Å². The van der Waals surface area contributed by atoms with Crippen LogP contribution in [0, 0.1) is 5.41 Å². The first-order valence-corrected chi connectivity index (χ1v) is 12.0. The van der Waals surface area contributed by atoms with Crippen LogP contribution in [0.1, 0.15) is 33.4 Å². The smallest absolute Gasteiger partial charge is 0.357 e. The fraction of sp³-hybridized carbons (Fsp3) is 0.500. The first-order valence-electron chi connectivity index (χ1n) is 10.1. The summed E-state index contributed by atoms with van der Waals surface area (Å²) in [5.74, 6) is -2.04. The second-order valence-corrected chi connectivity index (χ2v) is 10.4. The normalized spacial score (nSPS) is 20.3. The van der Waals surface area contributed by atoms with Gasteiger partial charge in [-0.1, -0.05) is 5.16 Å². The fourth-order valence-electron chi connectivity index (χ4n) is 3.09. The number of nitrogens with zero attached hydrogens (tertiary/aromatic N) is 3. The number of nitrogens with one attached hydrogen (secondary N) is 1. The van der Waals surface area contributed by atoms with Crippen molar-refractivity contribution >= 4 is 57.7 Å². The molecule has 3 heterocycles. The van der Waals surface area contributed by atoms with Crippen molar-refractivity contribution in [2.45, 2.75) is 39.1 Å². The highest BCUT2D eigenvalue weighted by molar-refractivity contribution is 8.00. The van der Waals surface area contributed by atoms with Gasteiger partial charge in [-0.05, 0) is 33.3 Å². The summed E-state index contributed by atoms with van der Waals surface area (Å²) in [5, 5.41) is 7.60. The maximum atomic E-state index is 12.9. The Morgan fingerprint density at radius 1 is 1.32 bits per heavy atom. The van der Waals surface area contributed by atoms with E-state index in [1.54, 1.807) is 33.1 Å². The minimum atomic E-state index is -0.898. The van der Waals surface area contributed by atoms with Crippen LogP contribution < -0.4 is 11.1 Å². The minimum absolute atomic E-state index is 0.0733. The number of anilines is 1. The Morgan fingerprint density at radius 2 is 2.03 bits per heavy atom. The number of hydrogen-bond donors (Lipinski definition) is 2. The van der Waals surface area contributed by atoms with E-state index in [1.165, 1.54) is 23.8 Å². The molecule has 0 saturated carbocycles. The largest absolute Gasteiger partial charge is 0.427 e. The Morgan fingerprint density at radius 3 is 2.62 bits per heavy atom. The topological polar surface area (TPSA) is 163 Å². The van der Waals surface area contributed by atoms with Gasteiger partial charge in [0.05, 0.1) is 5.41 Å². The number of aromatic nitrogens is 1. The van der Waals surface area contributed by atoms with Crippen molar-refractivity contribution in [3.05, 3.63) is 22.3 Å². The number of fused-ring (bicyclic) bond motifs is 1. The zero-order valence-corrected chi connectivity index (χ0v) is 20.9. The molecule has 3 rings (SSSR count). The summed E-state index contributed by atoms with van der Waals surface area (Å²) in [5.41, 5.74) is 5.67. The zero-order chi connectivity index (χ0) is 25.2. The van der Waals surface area contributed by atoms with Crippen LogP contribution in [0.5, 0.6) is 0 Å². The van der Waals surface area contributed by atoms with Crippen molar-refractivity contribution in [1.29, 1.82) is 0 Å². The third kappa shape index (κ3) is 5.17. The molecule has 1 fully saturated rings. The lowest BCUT2D eigenvalue weighted by molar-refractivity contribution is -0.173. The van der Waals surface area contributed by atoms with Crippen LogP contribution in [0.15, 0.2) is 21.8 Å². The van der Waals surface area contributed by atoms with E-state index in [9.17, 15) is 19.2 Å². The molecule has 0 spiro atoms. The number of esters is 2. The van der Waals surface area contributed by atoms with Crippen LogP contribution in [0.25, 0.3) is 0 Å². The summed E-state index contributed by atoms with van der Waals surface area (Å²) in [7, 11) is 1.28. The second-order valence-electron chi connectivity index (χ2n) is 8.41. The first-order chi connectivity index (χ1) is 16.0. The van der Waals surface area contributed by atoms with Crippen molar-refractivity contribution in [2.75, 3.05) is 25.4 Å². The lowest BCUT2D eigenvalue weighted by Gasteiger charge is -2.49. The van der Waals surface area contributed by atoms with Crippen LogP contribution in [-0.2, 0) is 33.5 Å². The van der Waals surface area contributed by atoms with Gasteiger partial charge in [-0.25, -0.2) is 9.78 Å². The Balaban J connectivity index is 1.66. The maximum absolute atomic E-state index is 12.9. The molecule has 1 saturated heterocycles. The third-order valence-electron chi connectivity index (χ3n) is 4.79. The average Bonchev–Trinajstić information content (AvgIpc) is 3.20. The molecule has 1 aromatic heterocycles. The summed E-state index contributed by atoms with van der Waals surface area (Å²) >= 11 is 2.52. The number of hydrogen-bond acceptors (Lipinski definition) is 12. The number of thioether (sulfide) groups is 1. The SMILES string of the molecule is CO/N=C(\C(=O)NC1C(=O)N2C(C(=O)OCOC(=O)C(C)(C)C)=C(C)CSC12)c1csc(N)n1. The van der Waals surface area contributed by atoms with Crippen LogP contribution in [0.3, 0.4) is 0 Å². The number of rotatable bonds is 7. The van der Waals surface area contributed by atoms with Crippen LogP contribution in [-0.4, -0.2) is 70.4 Å². The first kappa shape index (κ1) is 25.5. The van der Waals surface area contributed by atoms with E-state index in [4.69, 9.17) is 20.0 Å². The molecule has 14 heteroatoms. The molecule has 34 heavy (non-hydrogen) atoms. The minimum Gasteiger partial charge on any atom is -0.427 e. The molecule has 1 aromatic rings. The van der Waals surface area contributed by atoms with E-state index in [-0.39, 0.29) is 22.2 Å². The van der Waals surface area contributed by atoms with Crippen LogP contribution >= 0.6 is 23.1 Å². The van der Waals surface area contributed by atoms with Gasteiger partial charge in [0.15, 0.2) is 10.8 Å². The predicted molar refractivity (Wildman–Crippen MR) is 124 cm³/mol. The van der Waals surface area contributed by atoms with Crippen LogP contribution in [0.4, 0.5) is 5.13 Å². The fourth-order valence-corrected chi connectivity index (χ4v) is 4.93. The number of nitrogen functional groups attached to an aromatic ring is 1. The summed E-state index contributed by atoms with van der Waals surface area (Å²) in [4.78, 5) is 60.3. The molecule has 12 nitrogen and oxygen atoms in total. The molecule has 2 atom stereocenters. The number of carbonyl (C=O) groups excluding carboxylic acids is 4. The second kappa shape index (κ2) is 10.0. The molecule has 2 aliphatic heterocycles. The molecular formula is C20H25N5O7S2. The monoisotopic (exact) mass is 511 g/mol. The highest BCUT2D eigenvalue weighted by Crippen LogP contribution is 2.40. The quantitative estimate of drug-likeness (QED) is 0.176. The van der Waals surface area contributed by atoms with Gasteiger partial charge in [-0.15, -0.1) is 23.1 Å². The number of thiazole rings is 1. The summed E-state index contributed by atoms with van der Waals surface area (Å²) in [6.07, 6.45) is 0. The molecule has 2 aliphatic rings. The lowest BCUT2D eigenvalue weighted by atomic mass is 9.98. The van der Waals surface area contributed by atoms with E-state index in [0.717, 1.165) is 11.3 Å². The highest BCUT2D eigenvalue weighted by atomic mass is 32.2. The number of amides is 2. The molecule has 0 aromatic carbocycles. The van der Waals surface area contributed by atoms with Gasteiger partial charge in [-0.2, -0.15) is 0 Å². The molecule has 0 bridgehead atoms. The van der Waals surface area contributed by atoms with Gasteiger partial charge in [0.1, 0.15) is 29.9 Å². The van der Waals surface area contributed by atoms with E-state index >= 15 is 0 Å². The number of nitrogens with two attached hydrogens (primary N) is 1. The number of ether oxygens (including phenoxy) is 2.